The van der Waals surface area contributed by atoms with Gasteiger partial charge in [-0.1, -0.05) is 12.1 Å². The molecule has 0 aliphatic heterocycles. The van der Waals surface area contributed by atoms with E-state index in [0.29, 0.717) is 34.9 Å². The van der Waals surface area contributed by atoms with Crippen molar-refractivity contribution in [2.45, 2.75) is 55.2 Å². The Morgan fingerprint density at radius 2 is 1.85 bits per heavy atom. The van der Waals surface area contributed by atoms with Crippen LogP contribution in [0.5, 0.6) is 0 Å². The molecular formula is C24H32N4O4S. The number of aromatic nitrogens is 2. The number of nitrogens with zero attached hydrogens (tertiary/aromatic N) is 3. The molecule has 1 amide bonds. The Labute approximate surface area is 194 Å². The molecule has 0 saturated heterocycles. The lowest BCUT2D eigenvalue weighted by Gasteiger charge is -2.58. The summed E-state index contributed by atoms with van der Waals surface area (Å²) in [6, 6.07) is 8.74. The molecule has 9 heteroatoms. The number of aliphatic hydroxyl groups is 1. The highest BCUT2D eigenvalue weighted by Crippen LogP contribution is 2.55. The van der Waals surface area contributed by atoms with E-state index in [0.717, 1.165) is 43.5 Å². The van der Waals surface area contributed by atoms with E-state index in [9.17, 15) is 18.3 Å². The average Bonchev–Trinajstić information content (AvgIpc) is 3.11. The second-order valence-corrected chi connectivity index (χ2v) is 12.5. The predicted octanol–water partition coefficient (Wildman–Crippen LogP) is 2.13. The summed E-state index contributed by atoms with van der Waals surface area (Å²) in [5.41, 5.74) is 0.834. The Bertz CT molecular complexity index is 1160. The highest BCUT2D eigenvalue weighted by Gasteiger charge is 2.55. The van der Waals surface area contributed by atoms with Gasteiger partial charge < -0.3 is 15.3 Å². The molecule has 1 aromatic heterocycles. The molecule has 0 radical (unpaired) electrons. The van der Waals surface area contributed by atoms with Gasteiger partial charge in [-0.15, -0.1) is 0 Å². The van der Waals surface area contributed by atoms with Crippen LogP contribution in [0.15, 0.2) is 35.2 Å². The first-order valence-corrected chi connectivity index (χ1v) is 13.5. The molecule has 4 aliphatic carbocycles. The van der Waals surface area contributed by atoms with E-state index in [2.05, 4.69) is 10.4 Å². The van der Waals surface area contributed by atoms with Crippen LogP contribution in [0.2, 0.25) is 0 Å². The molecule has 6 rings (SSSR count). The van der Waals surface area contributed by atoms with Crippen LogP contribution in [0.1, 0.15) is 48.2 Å². The highest BCUT2D eigenvalue weighted by atomic mass is 32.2. The van der Waals surface area contributed by atoms with Crippen LogP contribution in [0, 0.1) is 17.8 Å². The van der Waals surface area contributed by atoms with Crippen molar-refractivity contribution in [1.82, 2.24) is 15.1 Å². The zero-order valence-electron chi connectivity index (χ0n) is 19.4. The van der Waals surface area contributed by atoms with E-state index in [1.807, 2.05) is 19.0 Å². The highest BCUT2D eigenvalue weighted by molar-refractivity contribution is 7.90. The number of sulfone groups is 1. The van der Waals surface area contributed by atoms with Crippen LogP contribution in [0.25, 0.3) is 0 Å². The minimum Gasteiger partial charge on any atom is -0.390 e. The van der Waals surface area contributed by atoms with Crippen LogP contribution in [-0.4, -0.2) is 54.2 Å². The van der Waals surface area contributed by atoms with Gasteiger partial charge in [0.1, 0.15) is 5.82 Å². The zero-order chi connectivity index (χ0) is 23.5. The molecular weight excluding hydrogens is 440 g/mol. The van der Waals surface area contributed by atoms with Crippen molar-refractivity contribution in [2.75, 3.05) is 18.2 Å². The van der Waals surface area contributed by atoms with Gasteiger partial charge >= 0.3 is 0 Å². The topological polar surface area (TPSA) is 105 Å². The minimum absolute atomic E-state index is 0.117. The van der Waals surface area contributed by atoms with Gasteiger partial charge in [0.05, 0.1) is 10.5 Å². The lowest BCUT2D eigenvalue weighted by molar-refractivity contribution is -0.136. The van der Waals surface area contributed by atoms with E-state index >= 15 is 0 Å². The Kier molecular flexibility index (Phi) is 5.32. The van der Waals surface area contributed by atoms with Gasteiger partial charge in [-0.25, -0.2) is 8.42 Å². The summed E-state index contributed by atoms with van der Waals surface area (Å²) in [7, 11) is 0.510. The van der Waals surface area contributed by atoms with Crippen molar-refractivity contribution in [2.24, 2.45) is 24.8 Å². The number of carbonyl (C=O) groups is 1. The van der Waals surface area contributed by atoms with Crippen molar-refractivity contribution < 1.29 is 18.3 Å². The van der Waals surface area contributed by atoms with Crippen LogP contribution in [-0.2, 0) is 23.4 Å². The molecule has 8 nitrogen and oxygen atoms in total. The summed E-state index contributed by atoms with van der Waals surface area (Å²) >= 11 is 0. The standard InChI is InChI=1S/C24H32N4O4S/c1-27(14-15-4-6-19(7-5-15)33(3,31)32)21-10-20(26-28(21)2)23(29)25-22-17-8-16-9-18(22)13-24(30,11-16)12-17/h4-7,10,16-18,22,30H,8-9,11-14H2,1-3H3,(H,25,29)/t16?,17?,18?,22-,24-. The van der Waals surface area contributed by atoms with E-state index in [1.54, 1.807) is 35.0 Å². The smallest absolute Gasteiger partial charge is 0.272 e. The second-order valence-electron chi connectivity index (χ2n) is 10.5. The third-order valence-electron chi connectivity index (χ3n) is 7.79. The van der Waals surface area contributed by atoms with Gasteiger partial charge in [0.2, 0.25) is 0 Å². The lowest BCUT2D eigenvalue weighted by Crippen LogP contribution is -2.61. The summed E-state index contributed by atoms with van der Waals surface area (Å²) in [5.74, 6) is 1.94. The number of anilines is 1. The van der Waals surface area contributed by atoms with Crippen LogP contribution < -0.4 is 10.2 Å². The fourth-order valence-corrected chi connectivity index (χ4v) is 7.20. The Morgan fingerprint density at radius 1 is 1.21 bits per heavy atom. The number of benzene rings is 1. The molecule has 2 unspecified atom stereocenters. The molecule has 0 spiro atoms. The molecule has 33 heavy (non-hydrogen) atoms. The fraction of sp³-hybridized carbons (Fsp3) is 0.583. The van der Waals surface area contributed by atoms with Gasteiger partial charge in [0, 0.05) is 39.0 Å². The molecule has 4 fully saturated rings. The number of hydrogen-bond acceptors (Lipinski definition) is 6. The monoisotopic (exact) mass is 472 g/mol. The van der Waals surface area contributed by atoms with E-state index in [4.69, 9.17) is 0 Å². The second kappa shape index (κ2) is 7.84. The summed E-state index contributed by atoms with van der Waals surface area (Å²) in [6.07, 6.45) is 5.89. The van der Waals surface area contributed by atoms with Crippen molar-refractivity contribution in [3.05, 3.63) is 41.6 Å². The maximum Gasteiger partial charge on any atom is 0.272 e. The van der Waals surface area contributed by atoms with E-state index in [-0.39, 0.29) is 11.9 Å². The number of aryl methyl sites for hydroxylation is 1. The fourth-order valence-electron chi connectivity index (χ4n) is 6.56. The van der Waals surface area contributed by atoms with Crippen LogP contribution in [0.3, 0.4) is 0 Å². The number of hydrogen-bond donors (Lipinski definition) is 2. The first-order chi connectivity index (χ1) is 15.5. The van der Waals surface area contributed by atoms with Gasteiger partial charge in [0.25, 0.3) is 5.91 Å². The maximum absolute atomic E-state index is 13.1. The largest absolute Gasteiger partial charge is 0.390 e. The Hall–Kier alpha value is -2.39. The summed E-state index contributed by atoms with van der Waals surface area (Å²) in [4.78, 5) is 15.4. The average molecular weight is 473 g/mol. The van der Waals surface area contributed by atoms with E-state index < -0.39 is 15.4 Å². The van der Waals surface area contributed by atoms with Crippen molar-refractivity contribution in [3.63, 3.8) is 0 Å². The number of amides is 1. The molecule has 4 bridgehead atoms. The maximum atomic E-state index is 13.1. The molecule has 178 valence electrons. The zero-order valence-corrected chi connectivity index (χ0v) is 20.2. The number of nitrogens with one attached hydrogen (secondary N) is 1. The first kappa shape index (κ1) is 22.4. The van der Waals surface area contributed by atoms with Gasteiger partial charge in [-0.3, -0.25) is 9.48 Å². The Balaban J connectivity index is 1.26. The molecule has 1 heterocycles. The molecule has 2 aromatic rings. The summed E-state index contributed by atoms with van der Waals surface area (Å²) in [5, 5.41) is 18.5. The predicted molar refractivity (Wildman–Crippen MR) is 125 cm³/mol. The normalized spacial score (nSPS) is 30.4. The van der Waals surface area contributed by atoms with Crippen molar-refractivity contribution >= 4 is 21.6 Å². The van der Waals surface area contributed by atoms with Crippen molar-refractivity contribution in [3.8, 4) is 0 Å². The molecule has 4 aliphatic rings. The summed E-state index contributed by atoms with van der Waals surface area (Å²) in [6.45, 7) is 0.553. The van der Waals surface area contributed by atoms with Crippen LogP contribution >= 0.6 is 0 Å². The van der Waals surface area contributed by atoms with E-state index in [1.165, 1.54) is 6.26 Å². The molecule has 4 saturated carbocycles. The number of rotatable bonds is 6. The van der Waals surface area contributed by atoms with Gasteiger partial charge in [-0.2, -0.15) is 5.10 Å². The molecule has 2 atom stereocenters. The number of carbonyl (C=O) groups excluding carboxylic acids is 1. The molecule has 2 N–H and O–H groups in total. The third-order valence-corrected chi connectivity index (χ3v) is 8.92. The lowest BCUT2D eigenvalue weighted by atomic mass is 9.52. The van der Waals surface area contributed by atoms with Gasteiger partial charge in [0.15, 0.2) is 15.5 Å². The first-order valence-electron chi connectivity index (χ1n) is 11.6. The van der Waals surface area contributed by atoms with Gasteiger partial charge in [-0.05, 0) is 67.6 Å². The SMILES string of the molecule is CN(Cc1ccc(S(C)(=O)=O)cc1)c1cc(C(=O)N[C@H]2C3CC4CC2C[C@](O)(C4)C3)nn1C. The minimum atomic E-state index is -3.22. The third kappa shape index (κ3) is 4.28. The Morgan fingerprint density at radius 3 is 2.42 bits per heavy atom. The molecule has 1 aromatic carbocycles. The van der Waals surface area contributed by atoms with Crippen molar-refractivity contribution in [1.29, 1.82) is 0 Å². The summed E-state index contributed by atoms with van der Waals surface area (Å²) < 4.78 is 25.0. The van der Waals surface area contributed by atoms with Crippen LogP contribution in [0.4, 0.5) is 5.82 Å². The quantitative estimate of drug-likeness (QED) is 0.668.